The van der Waals surface area contributed by atoms with Crippen LogP contribution in [0, 0.1) is 0 Å². The highest BCUT2D eigenvalue weighted by Gasteiger charge is 2.94. The Balaban J connectivity index is 6.37. The first kappa shape index (κ1) is 39.1. The highest BCUT2D eigenvalue weighted by atomic mass is 19.4. The summed E-state index contributed by atoms with van der Waals surface area (Å²) in [6.45, 7) is -3.77. The minimum absolute atomic E-state index is 1.00. The van der Waals surface area contributed by atoms with Crippen LogP contribution < -0.4 is 0 Å². The number of ether oxygens (including phenoxy) is 3. The van der Waals surface area contributed by atoms with Gasteiger partial charge in [0.05, 0.1) is 12.8 Å². The van der Waals surface area contributed by atoms with Gasteiger partial charge in [-0.2, -0.15) is 70.2 Å². The van der Waals surface area contributed by atoms with Crippen molar-refractivity contribution in [1.29, 1.82) is 0 Å². The Bertz CT molecular complexity index is 1000. The molecule has 0 spiro atoms. The summed E-state index contributed by atoms with van der Waals surface area (Å²) >= 11 is 0. The first-order chi connectivity index (χ1) is 18.2. The lowest BCUT2D eigenvalue weighted by Crippen LogP contribution is -2.75. The standard InChI is InChI=1S/C19H18F16O7/c1-11(2,3)42-10(39)41-7-13(22,23)15(26,27)17(30,31)19(34,35)18(32,33)16(28,29)14(24,25)12(20,21)6-40-9(38)5-4-8(36)37/h4-7H2,1-3H3,(H,36,37). The van der Waals surface area contributed by atoms with E-state index in [9.17, 15) is 84.6 Å². The van der Waals surface area contributed by atoms with Gasteiger partial charge in [-0.1, -0.05) is 0 Å². The number of alkyl halides is 16. The Labute approximate surface area is 223 Å². The predicted octanol–water partition coefficient (Wildman–Crippen LogP) is 6.43. The van der Waals surface area contributed by atoms with Crippen molar-refractivity contribution in [3.63, 3.8) is 0 Å². The number of hydrogen-bond donors (Lipinski definition) is 1. The van der Waals surface area contributed by atoms with Crippen LogP contribution in [0.2, 0.25) is 0 Å². The zero-order valence-electron chi connectivity index (χ0n) is 20.8. The summed E-state index contributed by atoms with van der Waals surface area (Å²) < 4.78 is 232. The second-order valence-corrected chi connectivity index (χ2v) is 9.16. The molecule has 0 saturated heterocycles. The third-order valence-corrected chi connectivity index (χ3v) is 4.61. The van der Waals surface area contributed by atoms with Crippen LogP contribution in [-0.2, 0) is 23.8 Å². The van der Waals surface area contributed by atoms with Gasteiger partial charge in [0, 0.05) is 0 Å². The van der Waals surface area contributed by atoms with Gasteiger partial charge in [0.1, 0.15) is 5.60 Å². The van der Waals surface area contributed by atoms with Gasteiger partial charge in [-0.3, -0.25) is 9.59 Å². The second-order valence-electron chi connectivity index (χ2n) is 9.16. The maximum Gasteiger partial charge on any atom is 0.509 e. The van der Waals surface area contributed by atoms with Crippen molar-refractivity contribution in [2.45, 2.75) is 86.6 Å². The number of hydrogen-bond acceptors (Lipinski definition) is 6. The molecule has 0 aromatic rings. The summed E-state index contributed by atoms with van der Waals surface area (Å²) in [6, 6.07) is 0. The smallest absolute Gasteiger partial charge is 0.481 e. The molecule has 0 aromatic carbocycles. The van der Waals surface area contributed by atoms with Crippen molar-refractivity contribution >= 4 is 18.1 Å². The van der Waals surface area contributed by atoms with Gasteiger partial charge in [-0.25, -0.2) is 4.79 Å². The van der Waals surface area contributed by atoms with Crippen LogP contribution >= 0.6 is 0 Å². The lowest BCUT2D eigenvalue weighted by molar-refractivity contribution is -0.454. The fraction of sp³-hybridized carbons (Fsp3) is 0.842. The van der Waals surface area contributed by atoms with Crippen LogP contribution in [-0.4, -0.2) is 89.4 Å². The molecule has 23 heteroatoms. The molecule has 0 aliphatic heterocycles. The first-order valence-electron chi connectivity index (χ1n) is 10.4. The molecule has 7 nitrogen and oxygen atoms in total. The van der Waals surface area contributed by atoms with E-state index in [1.165, 1.54) is 0 Å². The Hall–Kier alpha value is -2.91. The van der Waals surface area contributed by atoms with E-state index < -0.39 is 97.1 Å². The third-order valence-electron chi connectivity index (χ3n) is 4.61. The second kappa shape index (κ2) is 11.6. The van der Waals surface area contributed by atoms with Crippen LogP contribution in [0.5, 0.6) is 0 Å². The van der Waals surface area contributed by atoms with Gasteiger partial charge in [-0.15, -0.1) is 0 Å². The first-order valence-corrected chi connectivity index (χ1v) is 10.4. The van der Waals surface area contributed by atoms with Gasteiger partial charge < -0.3 is 19.3 Å². The molecular weight excluding hydrogens is 644 g/mol. The summed E-state index contributed by atoms with van der Waals surface area (Å²) in [5.74, 6) is -68.1. The maximum atomic E-state index is 13.9. The molecule has 248 valence electrons. The predicted molar refractivity (Wildman–Crippen MR) is 99.6 cm³/mol. The topological polar surface area (TPSA) is 99.1 Å². The molecule has 0 aliphatic carbocycles. The number of carboxylic acid groups (broad SMARTS) is 1. The lowest BCUT2D eigenvalue weighted by atomic mass is 9.88. The van der Waals surface area contributed by atoms with Crippen LogP contribution in [0.1, 0.15) is 33.6 Å². The average molecular weight is 662 g/mol. The van der Waals surface area contributed by atoms with Gasteiger partial charge >= 0.3 is 65.5 Å². The van der Waals surface area contributed by atoms with Crippen LogP contribution in [0.3, 0.4) is 0 Å². The van der Waals surface area contributed by atoms with E-state index in [0.29, 0.717) is 0 Å². The van der Waals surface area contributed by atoms with Crippen molar-refractivity contribution in [2.75, 3.05) is 13.2 Å². The highest BCUT2D eigenvalue weighted by molar-refractivity contribution is 5.76. The zero-order valence-corrected chi connectivity index (χ0v) is 20.8. The largest absolute Gasteiger partial charge is 0.509 e. The van der Waals surface area contributed by atoms with Crippen molar-refractivity contribution in [1.82, 2.24) is 0 Å². The molecule has 0 rings (SSSR count). The summed E-state index contributed by atoms with van der Waals surface area (Å²) in [7, 11) is 0. The maximum absolute atomic E-state index is 13.9. The van der Waals surface area contributed by atoms with Crippen LogP contribution in [0.4, 0.5) is 75.0 Å². The third kappa shape index (κ3) is 7.17. The van der Waals surface area contributed by atoms with Crippen molar-refractivity contribution in [2.24, 2.45) is 0 Å². The molecule has 0 atom stereocenters. The van der Waals surface area contributed by atoms with Crippen molar-refractivity contribution < 1.29 is 104 Å². The Morgan fingerprint density at radius 1 is 0.524 bits per heavy atom. The molecule has 0 radical (unpaired) electrons. The highest BCUT2D eigenvalue weighted by Crippen LogP contribution is 2.63. The van der Waals surface area contributed by atoms with E-state index in [4.69, 9.17) is 5.11 Å². The zero-order chi connectivity index (χ0) is 34.2. The Morgan fingerprint density at radius 3 is 1.14 bits per heavy atom. The summed E-state index contributed by atoms with van der Waals surface area (Å²) in [4.78, 5) is 32.4. The Kier molecular flexibility index (Phi) is 10.8. The van der Waals surface area contributed by atoms with Crippen LogP contribution in [0.25, 0.3) is 0 Å². The number of halogens is 16. The minimum atomic E-state index is -8.71. The fourth-order valence-electron chi connectivity index (χ4n) is 2.31. The minimum Gasteiger partial charge on any atom is -0.481 e. The molecule has 1 N–H and O–H groups in total. The van der Waals surface area contributed by atoms with Crippen LogP contribution in [0.15, 0.2) is 0 Å². The molecule has 0 aliphatic rings. The lowest BCUT2D eigenvalue weighted by Gasteiger charge is -2.43. The molecule has 0 heterocycles. The van der Waals surface area contributed by atoms with Crippen molar-refractivity contribution in [3.8, 4) is 0 Å². The van der Waals surface area contributed by atoms with E-state index in [0.717, 1.165) is 20.8 Å². The Morgan fingerprint density at radius 2 is 0.833 bits per heavy atom. The molecule has 0 aromatic heterocycles. The van der Waals surface area contributed by atoms with E-state index >= 15 is 0 Å². The number of carboxylic acids is 1. The number of carbonyl (C=O) groups is 3. The molecule has 42 heavy (non-hydrogen) atoms. The summed E-state index contributed by atoms with van der Waals surface area (Å²) in [6.07, 6.45) is -5.03. The van der Waals surface area contributed by atoms with E-state index in [1.807, 2.05) is 0 Å². The number of esters is 1. The van der Waals surface area contributed by atoms with Gasteiger partial charge in [0.15, 0.2) is 13.2 Å². The van der Waals surface area contributed by atoms with Gasteiger partial charge in [-0.05, 0) is 20.8 Å². The SMILES string of the molecule is CC(C)(C)OC(=O)OCC(F)(F)C(F)(F)C(F)(F)C(F)(F)C(F)(F)C(F)(F)C(F)(F)C(F)(F)COC(=O)CCC(=O)O. The number of carbonyl (C=O) groups excluding carboxylic acids is 2. The number of rotatable bonds is 14. The average Bonchev–Trinajstić information content (AvgIpc) is 2.78. The normalized spacial score (nSPS) is 14.8. The molecule has 0 amide bonds. The van der Waals surface area contributed by atoms with Crippen molar-refractivity contribution in [3.05, 3.63) is 0 Å². The number of aliphatic carboxylic acids is 1. The molecule has 0 fully saturated rings. The molecule has 0 unspecified atom stereocenters. The summed E-state index contributed by atoms with van der Waals surface area (Å²) in [5.41, 5.74) is -1.64. The monoisotopic (exact) mass is 662 g/mol. The van der Waals surface area contributed by atoms with E-state index in [-0.39, 0.29) is 0 Å². The summed E-state index contributed by atoms with van der Waals surface area (Å²) in [5, 5.41) is 8.24. The van der Waals surface area contributed by atoms with E-state index in [1.54, 1.807) is 0 Å². The molecule has 0 bridgehead atoms. The van der Waals surface area contributed by atoms with Gasteiger partial charge in [0.25, 0.3) is 0 Å². The van der Waals surface area contributed by atoms with E-state index in [2.05, 4.69) is 14.2 Å². The molecular formula is C19H18F16O7. The quantitative estimate of drug-likeness (QED) is 0.169. The fourth-order valence-corrected chi connectivity index (χ4v) is 2.31. The van der Waals surface area contributed by atoms with Gasteiger partial charge in [0.2, 0.25) is 0 Å². The molecule has 0 saturated carbocycles.